The molecule has 0 atom stereocenters. The number of rotatable bonds is 0. The van der Waals surface area contributed by atoms with Gasteiger partial charge < -0.3 is 4.42 Å². The Morgan fingerprint density at radius 2 is 1.03 bits per heavy atom. The summed E-state index contributed by atoms with van der Waals surface area (Å²) in [5.74, 6) is 0.0903. The largest absolute Gasteiger partial charge is 0.456 e. The van der Waals surface area contributed by atoms with Crippen LogP contribution in [0.3, 0.4) is 0 Å². The average molecular weight is 434 g/mol. The topological polar surface area (TPSA) is 30.2 Å². The van der Waals surface area contributed by atoms with Gasteiger partial charge in [-0.15, -0.1) is 0 Å². The molecule has 0 fully saturated rings. The summed E-state index contributed by atoms with van der Waals surface area (Å²) in [5, 5.41) is 2.24. The second-order valence-corrected chi connectivity index (χ2v) is 9.21. The zero-order valence-electron chi connectivity index (χ0n) is 18.2. The molecule has 1 aromatic heterocycles. The van der Waals surface area contributed by atoms with Crippen molar-refractivity contribution in [3.8, 4) is 11.1 Å². The van der Waals surface area contributed by atoms with E-state index in [1.54, 1.807) is 0 Å². The number of hydrogen-bond donors (Lipinski definition) is 0. The Balaban J connectivity index is 1.61. The fraction of sp³-hybridized carbons (Fsp3) is 0.0312. The van der Waals surface area contributed by atoms with Crippen molar-refractivity contribution in [2.45, 2.75) is 5.41 Å². The van der Waals surface area contributed by atoms with E-state index < -0.39 is 5.41 Å². The van der Waals surface area contributed by atoms with E-state index in [4.69, 9.17) is 4.42 Å². The Morgan fingerprint density at radius 1 is 0.471 bits per heavy atom. The third-order valence-corrected chi connectivity index (χ3v) is 7.69. The lowest BCUT2D eigenvalue weighted by atomic mass is 9.61. The second kappa shape index (κ2) is 6.12. The lowest BCUT2D eigenvalue weighted by Gasteiger charge is -2.39. The number of para-hydroxylation sites is 1. The molecule has 2 heteroatoms. The Hall–Kier alpha value is -4.43. The number of ketones is 1. The molecule has 0 saturated carbocycles. The summed E-state index contributed by atoms with van der Waals surface area (Å²) in [7, 11) is 0. The lowest BCUT2D eigenvalue weighted by Crippen LogP contribution is -2.36. The van der Waals surface area contributed by atoms with Gasteiger partial charge in [0.25, 0.3) is 0 Å². The van der Waals surface area contributed by atoms with Gasteiger partial charge in [-0.2, -0.15) is 0 Å². The zero-order valence-corrected chi connectivity index (χ0v) is 18.2. The Morgan fingerprint density at radius 3 is 1.74 bits per heavy atom. The van der Waals surface area contributed by atoms with E-state index in [-0.39, 0.29) is 5.78 Å². The Kier molecular flexibility index (Phi) is 3.25. The molecule has 2 aliphatic rings. The maximum Gasteiger partial charge on any atom is 0.193 e. The molecule has 0 aliphatic heterocycles. The standard InChI is InChI=1S/C32H18O2/c33-31-21-11-2-6-14-26(21)32(27-15-7-3-12-22(27)31)25-13-5-1-9-19(25)23-17-24-20-10-4-8-16-29(20)34-30(24)18-28(23)32/h1-18H. The average Bonchev–Trinajstić information content (AvgIpc) is 3.40. The van der Waals surface area contributed by atoms with Crippen molar-refractivity contribution >= 4 is 27.7 Å². The Bertz CT molecular complexity index is 1790. The van der Waals surface area contributed by atoms with E-state index in [0.717, 1.165) is 44.2 Å². The minimum absolute atomic E-state index is 0.0903. The van der Waals surface area contributed by atoms with Crippen molar-refractivity contribution in [1.82, 2.24) is 0 Å². The molecule has 2 nitrogen and oxygen atoms in total. The maximum absolute atomic E-state index is 13.6. The Labute approximate surface area is 196 Å². The minimum atomic E-state index is -0.569. The molecule has 2 aliphatic carbocycles. The molecule has 0 amide bonds. The summed E-state index contributed by atoms with van der Waals surface area (Å²) in [6, 6.07) is 37.5. The van der Waals surface area contributed by atoms with Crippen LogP contribution in [0.1, 0.15) is 38.2 Å². The summed E-state index contributed by atoms with van der Waals surface area (Å²) in [4.78, 5) is 13.6. The van der Waals surface area contributed by atoms with Crippen molar-refractivity contribution < 1.29 is 9.21 Å². The molecular formula is C32H18O2. The lowest BCUT2D eigenvalue weighted by molar-refractivity contribution is 0.103. The number of furan rings is 1. The van der Waals surface area contributed by atoms with Crippen molar-refractivity contribution in [2.24, 2.45) is 0 Å². The van der Waals surface area contributed by atoms with Crippen molar-refractivity contribution in [3.63, 3.8) is 0 Å². The van der Waals surface area contributed by atoms with Crippen LogP contribution >= 0.6 is 0 Å². The van der Waals surface area contributed by atoms with Gasteiger partial charge in [-0.3, -0.25) is 4.79 Å². The van der Waals surface area contributed by atoms with E-state index in [0.29, 0.717) is 0 Å². The quantitative estimate of drug-likeness (QED) is 0.247. The summed E-state index contributed by atoms with van der Waals surface area (Å²) in [6.07, 6.45) is 0. The molecule has 6 aromatic rings. The first-order valence-electron chi connectivity index (χ1n) is 11.6. The van der Waals surface area contributed by atoms with Gasteiger partial charge in [-0.25, -0.2) is 0 Å². The summed E-state index contributed by atoms with van der Waals surface area (Å²) < 4.78 is 6.34. The third kappa shape index (κ3) is 1.96. The highest BCUT2D eigenvalue weighted by atomic mass is 16.3. The van der Waals surface area contributed by atoms with Crippen LogP contribution in [-0.2, 0) is 5.41 Å². The van der Waals surface area contributed by atoms with Gasteiger partial charge in [0.05, 0.1) is 5.41 Å². The molecule has 34 heavy (non-hydrogen) atoms. The van der Waals surface area contributed by atoms with Crippen molar-refractivity contribution in [1.29, 1.82) is 0 Å². The highest BCUT2D eigenvalue weighted by molar-refractivity contribution is 6.15. The maximum atomic E-state index is 13.6. The molecule has 0 radical (unpaired) electrons. The van der Waals surface area contributed by atoms with Crippen LogP contribution in [0.2, 0.25) is 0 Å². The summed E-state index contributed by atoms with van der Waals surface area (Å²) in [5.41, 5.74) is 9.63. The van der Waals surface area contributed by atoms with Crippen molar-refractivity contribution in [3.05, 3.63) is 143 Å². The molecule has 5 aromatic carbocycles. The van der Waals surface area contributed by atoms with Gasteiger partial charge in [0, 0.05) is 21.9 Å². The van der Waals surface area contributed by atoms with E-state index in [9.17, 15) is 4.79 Å². The second-order valence-electron chi connectivity index (χ2n) is 9.21. The molecular weight excluding hydrogens is 416 g/mol. The number of benzene rings is 5. The van der Waals surface area contributed by atoms with E-state index in [2.05, 4.69) is 60.7 Å². The predicted molar refractivity (Wildman–Crippen MR) is 134 cm³/mol. The van der Waals surface area contributed by atoms with E-state index in [1.807, 2.05) is 48.5 Å². The molecule has 1 heterocycles. The fourth-order valence-corrected chi connectivity index (χ4v) is 6.38. The molecule has 0 unspecified atom stereocenters. The zero-order chi connectivity index (χ0) is 22.4. The molecule has 0 bridgehead atoms. The SMILES string of the molecule is O=C1c2ccccc2C2(c3ccccc31)c1ccccc1-c1cc3c(cc12)oc1ccccc13. The summed E-state index contributed by atoms with van der Waals surface area (Å²) >= 11 is 0. The monoisotopic (exact) mass is 434 g/mol. The van der Waals surface area contributed by atoms with Crippen LogP contribution in [0.15, 0.2) is 114 Å². The van der Waals surface area contributed by atoms with E-state index >= 15 is 0 Å². The van der Waals surface area contributed by atoms with Gasteiger partial charge in [-0.05, 0) is 51.6 Å². The minimum Gasteiger partial charge on any atom is -0.456 e. The molecule has 1 spiro atoms. The van der Waals surface area contributed by atoms with Gasteiger partial charge in [0.2, 0.25) is 0 Å². The van der Waals surface area contributed by atoms with Crippen LogP contribution in [0, 0.1) is 0 Å². The van der Waals surface area contributed by atoms with Crippen molar-refractivity contribution in [2.75, 3.05) is 0 Å². The number of hydrogen-bond acceptors (Lipinski definition) is 2. The fourth-order valence-electron chi connectivity index (χ4n) is 6.38. The number of carbonyl (C=O) groups is 1. The van der Waals surface area contributed by atoms with Crippen LogP contribution in [0.5, 0.6) is 0 Å². The smallest absolute Gasteiger partial charge is 0.193 e. The summed E-state index contributed by atoms with van der Waals surface area (Å²) in [6.45, 7) is 0. The van der Waals surface area contributed by atoms with Gasteiger partial charge in [0.15, 0.2) is 5.78 Å². The normalized spacial score (nSPS) is 14.8. The first kappa shape index (κ1) is 18.0. The van der Waals surface area contributed by atoms with Gasteiger partial charge >= 0.3 is 0 Å². The number of fused-ring (bicyclic) bond motifs is 12. The highest BCUT2D eigenvalue weighted by Gasteiger charge is 2.51. The predicted octanol–water partition coefficient (Wildman–Crippen LogP) is 7.49. The van der Waals surface area contributed by atoms with Crippen LogP contribution in [0.4, 0.5) is 0 Å². The van der Waals surface area contributed by atoms with E-state index in [1.165, 1.54) is 22.3 Å². The molecule has 0 N–H and O–H groups in total. The van der Waals surface area contributed by atoms with Crippen LogP contribution < -0.4 is 0 Å². The van der Waals surface area contributed by atoms with Gasteiger partial charge in [0.1, 0.15) is 11.2 Å². The number of carbonyl (C=O) groups excluding carboxylic acids is 1. The molecule has 158 valence electrons. The van der Waals surface area contributed by atoms with Gasteiger partial charge in [-0.1, -0.05) is 91.0 Å². The third-order valence-electron chi connectivity index (χ3n) is 7.69. The van der Waals surface area contributed by atoms with Crippen LogP contribution in [-0.4, -0.2) is 5.78 Å². The first-order chi connectivity index (χ1) is 16.8. The van der Waals surface area contributed by atoms with Crippen LogP contribution in [0.25, 0.3) is 33.1 Å². The highest BCUT2D eigenvalue weighted by Crippen LogP contribution is 2.60. The molecule has 0 saturated heterocycles. The first-order valence-corrected chi connectivity index (χ1v) is 11.6. The molecule has 8 rings (SSSR count).